The molecule has 2 aromatic heterocycles. The average molecular weight is 631 g/mol. The number of fused-ring (bicyclic) bond motifs is 9. The van der Waals surface area contributed by atoms with Crippen LogP contribution in [-0.4, -0.2) is 43.4 Å². The Kier molecular flexibility index (Phi) is 6.08. The zero-order valence-electron chi connectivity index (χ0n) is 26.8. The summed E-state index contributed by atoms with van der Waals surface area (Å²) < 4.78 is 26.8. The summed E-state index contributed by atoms with van der Waals surface area (Å²) >= 11 is 0. The smallest absolute Gasteiger partial charge is 0.198 e. The van der Waals surface area contributed by atoms with Crippen LogP contribution in [0.4, 0.5) is 0 Å². The molecule has 8 aromatic rings. The van der Waals surface area contributed by atoms with E-state index in [1.165, 1.54) is 0 Å². The molecule has 0 aliphatic heterocycles. The van der Waals surface area contributed by atoms with Gasteiger partial charge in [0.05, 0.1) is 73.0 Å². The fourth-order valence-corrected chi connectivity index (χ4v) is 7.49. The lowest BCUT2D eigenvalue weighted by atomic mass is 10.0. The van der Waals surface area contributed by atoms with Crippen molar-refractivity contribution in [3.8, 4) is 45.5 Å². The highest BCUT2D eigenvalue weighted by molar-refractivity contribution is 6.26. The maximum absolute atomic E-state index is 15.0. The van der Waals surface area contributed by atoms with Crippen molar-refractivity contribution < 1.29 is 23.7 Å². The third kappa shape index (κ3) is 3.78. The van der Waals surface area contributed by atoms with Gasteiger partial charge in [0.25, 0.3) is 0 Å². The Morgan fingerprint density at radius 1 is 0.417 bits per heavy atom. The molecule has 1 aliphatic rings. The number of nitrogens with zero attached hydrogens (tertiary/aromatic N) is 2. The molecule has 48 heavy (non-hydrogen) atoms. The van der Waals surface area contributed by atoms with E-state index >= 15 is 0 Å². The quantitative estimate of drug-likeness (QED) is 0.183. The summed E-state index contributed by atoms with van der Waals surface area (Å²) in [6, 6.07) is 36.4. The first kappa shape index (κ1) is 28.0. The zero-order valence-corrected chi connectivity index (χ0v) is 26.8. The van der Waals surface area contributed by atoms with Crippen LogP contribution in [0, 0.1) is 0 Å². The Hall–Kier alpha value is -6.21. The highest BCUT2D eigenvalue weighted by Gasteiger charge is 2.34. The molecular weight excluding hydrogens is 600 g/mol. The molecule has 6 aromatic carbocycles. The molecule has 1 aliphatic carbocycles. The number of methoxy groups -OCH3 is 4. The molecule has 0 amide bonds. The van der Waals surface area contributed by atoms with Crippen LogP contribution in [0.5, 0.6) is 23.0 Å². The van der Waals surface area contributed by atoms with Crippen LogP contribution in [0.25, 0.3) is 66.1 Å². The Labute approximate surface area is 276 Å². The first-order chi connectivity index (χ1) is 23.5. The number of rotatable bonds is 6. The highest BCUT2D eigenvalue weighted by atomic mass is 16.5. The standard InChI is InChI=1S/C41H30N2O5/c1-45-23-11-15-33-29(19-23)30-20-24(46-2)12-16-34(30)42(33)37-9-5-7-27-28-8-6-10-38(40(28)41(44)39(27)37)43-35-17-13-25(47-3)21-31(35)32-22-26(48-4)14-18-36(32)43/h5-22H,1-4H3. The number of carbonyl (C=O) groups is 1. The number of hydrogen-bond acceptors (Lipinski definition) is 5. The number of aromatic nitrogens is 2. The molecule has 0 saturated heterocycles. The van der Waals surface area contributed by atoms with E-state index in [2.05, 4.69) is 33.4 Å². The monoisotopic (exact) mass is 630 g/mol. The molecule has 234 valence electrons. The Morgan fingerprint density at radius 3 is 1.02 bits per heavy atom. The number of hydrogen-bond donors (Lipinski definition) is 0. The SMILES string of the molecule is COc1ccc2c(c1)c1cc(OC)ccc1n2-c1cccc2c1C(=O)c1c-2cccc1-n1c2ccc(OC)cc2c2cc(OC)ccc21. The third-order valence-electron chi connectivity index (χ3n) is 9.67. The minimum absolute atomic E-state index is 0.0137. The lowest BCUT2D eigenvalue weighted by molar-refractivity contribution is 0.104. The van der Waals surface area contributed by atoms with E-state index in [0.717, 1.165) is 89.1 Å². The molecule has 0 bridgehead atoms. The second-order valence-electron chi connectivity index (χ2n) is 11.9. The van der Waals surface area contributed by atoms with E-state index in [0.29, 0.717) is 11.1 Å². The lowest BCUT2D eigenvalue weighted by Crippen LogP contribution is -2.07. The molecule has 0 fully saturated rings. The van der Waals surface area contributed by atoms with Crippen LogP contribution in [0.3, 0.4) is 0 Å². The Bertz CT molecular complexity index is 2340. The molecule has 0 radical (unpaired) electrons. The van der Waals surface area contributed by atoms with Gasteiger partial charge in [-0.1, -0.05) is 24.3 Å². The van der Waals surface area contributed by atoms with E-state index in [1.807, 2.05) is 84.9 Å². The summed E-state index contributed by atoms with van der Waals surface area (Å²) in [5, 5.41) is 4.06. The Balaban J connectivity index is 1.31. The van der Waals surface area contributed by atoms with Crippen molar-refractivity contribution in [1.82, 2.24) is 9.13 Å². The maximum Gasteiger partial charge on any atom is 0.198 e. The first-order valence-corrected chi connectivity index (χ1v) is 15.7. The zero-order chi connectivity index (χ0) is 32.7. The lowest BCUT2D eigenvalue weighted by Gasteiger charge is -2.13. The molecule has 0 N–H and O–H groups in total. The predicted octanol–water partition coefficient (Wildman–Crippen LogP) is 9.13. The van der Waals surface area contributed by atoms with E-state index in [-0.39, 0.29) is 5.78 Å². The highest BCUT2D eigenvalue weighted by Crippen LogP contribution is 2.46. The van der Waals surface area contributed by atoms with Crippen molar-refractivity contribution in [2.24, 2.45) is 0 Å². The van der Waals surface area contributed by atoms with Gasteiger partial charge in [-0.25, -0.2) is 0 Å². The van der Waals surface area contributed by atoms with Gasteiger partial charge in [0, 0.05) is 21.5 Å². The van der Waals surface area contributed by atoms with Crippen molar-refractivity contribution >= 4 is 49.4 Å². The van der Waals surface area contributed by atoms with Crippen LogP contribution in [0.1, 0.15) is 15.9 Å². The van der Waals surface area contributed by atoms with Crippen LogP contribution in [0.15, 0.2) is 109 Å². The van der Waals surface area contributed by atoms with E-state index < -0.39 is 0 Å². The molecule has 0 saturated carbocycles. The molecular formula is C41H30N2O5. The van der Waals surface area contributed by atoms with Crippen LogP contribution in [0.2, 0.25) is 0 Å². The maximum atomic E-state index is 15.0. The fourth-order valence-electron chi connectivity index (χ4n) is 7.49. The number of benzene rings is 6. The summed E-state index contributed by atoms with van der Waals surface area (Å²) in [6.45, 7) is 0. The minimum atomic E-state index is -0.0137. The summed E-state index contributed by atoms with van der Waals surface area (Å²) in [4.78, 5) is 15.0. The predicted molar refractivity (Wildman–Crippen MR) is 190 cm³/mol. The van der Waals surface area contributed by atoms with Crippen molar-refractivity contribution in [3.05, 3.63) is 120 Å². The van der Waals surface area contributed by atoms with Gasteiger partial charge in [0.1, 0.15) is 23.0 Å². The van der Waals surface area contributed by atoms with Crippen molar-refractivity contribution in [3.63, 3.8) is 0 Å². The number of carbonyl (C=O) groups excluding carboxylic acids is 1. The minimum Gasteiger partial charge on any atom is -0.497 e. The van der Waals surface area contributed by atoms with Gasteiger partial charge in [-0.3, -0.25) is 4.79 Å². The third-order valence-corrected chi connectivity index (χ3v) is 9.67. The molecule has 0 unspecified atom stereocenters. The summed E-state index contributed by atoms with van der Waals surface area (Å²) in [7, 11) is 6.68. The van der Waals surface area contributed by atoms with Gasteiger partial charge in [-0.15, -0.1) is 0 Å². The molecule has 9 rings (SSSR count). The van der Waals surface area contributed by atoms with E-state index in [4.69, 9.17) is 18.9 Å². The van der Waals surface area contributed by atoms with Crippen LogP contribution in [-0.2, 0) is 0 Å². The average Bonchev–Trinajstić information content (AvgIpc) is 3.75. The van der Waals surface area contributed by atoms with Gasteiger partial charge < -0.3 is 28.1 Å². The van der Waals surface area contributed by atoms with E-state index in [9.17, 15) is 4.79 Å². The molecule has 2 heterocycles. The molecule has 0 atom stereocenters. The summed E-state index contributed by atoms with van der Waals surface area (Å²) in [5.74, 6) is 3.03. The molecule has 7 nitrogen and oxygen atoms in total. The molecule has 7 heteroatoms. The Morgan fingerprint density at radius 2 is 0.729 bits per heavy atom. The van der Waals surface area contributed by atoms with E-state index in [1.54, 1.807) is 28.4 Å². The van der Waals surface area contributed by atoms with Gasteiger partial charge >= 0.3 is 0 Å². The van der Waals surface area contributed by atoms with Gasteiger partial charge in [-0.2, -0.15) is 0 Å². The fraction of sp³-hybridized carbons (Fsp3) is 0.0976. The van der Waals surface area contributed by atoms with Crippen molar-refractivity contribution in [2.45, 2.75) is 0 Å². The van der Waals surface area contributed by atoms with Crippen molar-refractivity contribution in [1.29, 1.82) is 0 Å². The van der Waals surface area contributed by atoms with Gasteiger partial charge in [0.15, 0.2) is 5.78 Å². The summed E-state index contributed by atoms with van der Waals surface area (Å²) in [5.41, 5.74) is 8.72. The molecule has 0 spiro atoms. The second-order valence-corrected chi connectivity index (χ2v) is 11.9. The second kappa shape index (κ2) is 10.4. The topological polar surface area (TPSA) is 63.9 Å². The summed E-state index contributed by atoms with van der Waals surface area (Å²) in [6.07, 6.45) is 0. The van der Waals surface area contributed by atoms with Crippen LogP contribution < -0.4 is 18.9 Å². The number of ketones is 1. The van der Waals surface area contributed by atoms with Crippen molar-refractivity contribution in [2.75, 3.05) is 28.4 Å². The number of ether oxygens (including phenoxy) is 4. The first-order valence-electron chi connectivity index (χ1n) is 15.7. The van der Waals surface area contributed by atoms with Gasteiger partial charge in [0.2, 0.25) is 0 Å². The van der Waals surface area contributed by atoms with Gasteiger partial charge in [-0.05, 0) is 96.1 Å². The normalized spacial score (nSPS) is 12.2. The van der Waals surface area contributed by atoms with Crippen LogP contribution >= 0.6 is 0 Å². The largest absolute Gasteiger partial charge is 0.497 e.